The Morgan fingerprint density at radius 1 is 1.33 bits per heavy atom. The Bertz CT molecular complexity index is 1640. The van der Waals surface area contributed by atoms with Gasteiger partial charge in [-0.25, -0.2) is 18.6 Å². The number of allylic oxidation sites excluding steroid dienone is 1. The molecule has 0 fully saturated rings. The number of methoxy groups -OCH3 is 1. The van der Waals surface area contributed by atoms with E-state index in [9.17, 15) is 23.6 Å². The van der Waals surface area contributed by atoms with Gasteiger partial charge in [0.25, 0.3) is 0 Å². The van der Waals surface area contributed by atoms with Crippen LogP contribution in [0.5, 0.6) is 0 Å². The number of rotatable bonds is 8. The van der Waals surface area contributed by atoms with E-state index in [1.165, 1.54) is 24.5 Å². The number of hydrogen-bond acceptors (Lipinski definition) is 9. The molecule has 0 amide bonds. The highest BCUT2D eigenvalue weighted by Gasteiger charge is 2.39. The summed E-state index contributed by atoms with van der Waals surface area (Å²) in [4.78, 5) is 34.3. The van der Waals surface area contributed by atoms with Gasteiger partial charge in [-0.1, -0.05) is 17.7 Å². The number of carbonyl (C=O) groups is 2. The second-order valence-corrected chi connectivity index (χ2v) is 11.0. The molecule has 1 aliphatic carbocycles. The number of halogens is 3. The van der Waals surface area contributed by atoms with Gasteiger partial charge >= 0.3 is 11.9 Å². The van der Waals surface area contributed by atoms with E-state index in [-0.39, 0.29) is 36.1 Å². The molecule has 42 heavy (non-hydrogen) atoms. The molecule has 13 heteroatoms. The van der Waals surface area contributed by atoms with Gasteiger partial charge in [0.05, 0.1) is 30.7 Å². The Balaban J connectivity index is 1.62. The molecule has 1 aliphatic heterocycles. The predicted octanol–water partition coefficient (Wildman–Crippen LogP) is 5.02. The fourth-order valence-corrected chi connectivity index (χ4v) is 6.24. The van der Waals surface area contributed by atoms with Crippen molar-refractivity contribution in [1.29, 1.82) is 5.26 Å². The van der Waals surface area contributed by atoms with Crippen molar-refractivity contribution in [2.24, 2.45) is 10.9 Å². The molecule has 3 heterocycles. The van der Waals surface area contributed by atoms with Crippen molar-refractivity contribution in [3.05, 3.63) is 85.2 Å². The van der Waals surface area contributed by atoms with E-state index in [2.05, 4.69) is 16.4 Å². The average Bonchev–Trinajstić information content (AvgIpc) is 3.66. The molecule has 3 aromatic rings. The molecule has 1 aromatic carbocycles. The Morgan fingerprint density at radius 3 is 2.83 bits per heavy atom. The maximum Gasteiger partial charge on any atom is 0.338 e. The predicted molar refractivity (Wildman–Crippen MR) is 151 cm³/mol. The number of benzene rings is 1. The molecule has 0 saturated carbocycles. The lowest BCUT2D eigenvalue weighted by Crippen LogP contribution is -2.38. The van der Waals surface area contributed by atoms with Gasteiger partial charge in [-0.2, -0.15) is 5.26 Å². The van der Waals surface area contributed by atoms with E-state index in [1.54, 1.807) is 23.1 Å². The molecular formula is C29H26ClF2N5O4S. The number of nitriles is 1. The van der Waals surface area contributed by atoms with Crippen molar-refractivity contribution in [2.45, 2.75) is 45.2 Å². The first-order valence-corrected chi connectivity index (χ1v) is 14.5. The number of amidine groups is 1. The number of nitrogens with one attached hydrogen (secondary N) is 1. The maximum atomic E-state index is 14.7. The van der Waals surface area contributed by atoms with E-state index in [0.717, 1.165) is 17.2 Å². The highest BCUT2D eigenvalue weighted by molar-refractivity contribution is 7.11. The van der Waals surface area contributed by atoms with E-state index in [0.29, 0.717) is 48.0 Å². The molecule has 5 rings (SSSR count). The van der Waals surface area contributed by atoms with Crippen LogP contribution >= 0.6 is 22.9 Å². The van der Waals surface area contributed by atoms with Crippen LogP contribution in [0.25, 0.3) is 0 Å². The quantitative estimate of drug-likeness (QED) is 0.280. The standard InChI is InChI=1S/C29H26ClF2N5O4S/c1-3-41-29(39)22-25(15-4-5-16-14-37(10-8-21(38)40-2)20(13-33)18(16)12-15)35-27(28-34-9-11-42-28)36-26(22)17-6-7-19(31)24(32)23(17)30/h6-7,9,11,14-15,26H,3-5,8,10,12H2,1-2H3,(H,35,36). The first kappa shape index (κ1) is 29.4. The highest BCUT2D eigenvalue weighted by Crippen LogP contribution is 2.42. The smallest absolute Gasteiger partial charge is 0.338 e. The number of aromatic nitrogens is 2. The molecule has 2 unspecified atom stereocenters. The minimum absolute atomic E-state index is 0.0767. The van der Waals surface area contributed by atoms with Crippen LogP contribution in [0.15, 0.2) is 46.2 Å². The first-order chi connectivity index (χ1) is 20.3. The summed E-state index contributed by atoms with van der Waals surface area (Å²) in [7, 11) is 1.31. The molecule has 9 nitrogen and oxygen atoms in total. The summed E-state index contributed by atoms with van der Waals surface area (Å²) in [6, 6.07) is 3.41. The molecule has 2 aromatic heterocycles. The summed E-state index contributed by atoms with van der Waals surface area (Å²) in [5.41, 5.74) is 2.96. The van der Waals surface area contributed by atoms with E-state index in [4.69, 9.17) is 26.1 Å². The van der Waals surface area contributed by atoms with Gasteiger partial charge in [0.1, 0.15) is 17.8 Å². The van der Waals surface area contributed by atoms with E-state index >= 15 is 0 Å². The minimum atomic E-state index is -1.24. The number of fused-ring (bicyclic) bond motifs is 1. The van der Waals surface area contributed by atoms with Gasteiger partial charge in [0, 0.05) is 41.5 Å². The lowest BCUT2D eigenvalue weighted by Gasteiger charge is -2.33. The van der Waals surface area contributed by atoms with Crippen LogP contribution in [0.2, 0.25) is 5.02 Å². The number of aliphatic imine (C=N–C) groups is 1. The minimum Gasteiger partial charge on any atom is -0.469 e. The van der Waals surface area contributed by atoms with Gasteiger partial charge < -0.3 is 19.4 Å². The number of aryl methyl sites for hydroxylation is 2. The van der Waals surface area contributed by atoms with Gasteiger partial charge in [-0.05, 0) is 43.4 Å². The molecular weight excluding hydrogens is 588 g/mol. The average molecular weight is 614 g/mol. The number of esters is 2. The summed E-state index contributed by atoms with van der Waals surface area (Å²) < 4.78 is 40.6. The van der Waals surface area contributed by atoms with Crippen molar-refractivity contribution in [3.63, 3.8) is 0 Å². The molecule has 218 valence electrons. The molecule has 0 radical (unpaired) electrons. The summed E-state index contributed by atoms with van der Waals surface area (Å²) in [5.74, 6) is -3.36. The van der Waals surface area contributed by atoms with Crippen LogP contribution in [-0.2, 0) is 38.4 Å². The lowest BCUT2D eigenvalue weighted by atomic mass is 9.80. The third-order valence-electron chi connectivity index (χ3n) is 7.35. The fraction of sp³-hybridized carbons (Fsp3) is 0.345. The van der Waals surface area contributed by atoms with Gasteiger partial charge in [0.2, 0.25) is 0 Å². The van der Waals surface area contributed by atoms with Crippen LogP contribution in [0.1, 0.15) is 53.2 Å². The van der Waals surface area contributed by atoms with Gasteiger partial charge in [-0.15, -0.1) is 11.3 Å². The van der Waals surface area contributed by atoms with Crippen molar-refractivity contribution < 1.29 is 27.8 Å². The number of ether oxygens (including phenoxy) is 2. The fourth-order valence-electron chi connectivity index (χ4n) is 5.39. The van der Waals surface area contributed by atoms with Crippen molar-refractivity contribution in [3.8, 4) is 6.07 Å². The molecule has 0 saturated heterocycles. The normalized spacial score (nSPS) is 18.0. The van der Waals surface area contributed by atoms with Gasteiger partial charge in [0.15, 0.2) is 22.5 Å². The molecule has 0 spiro atoms. The second kappa shape index (κ2) is 12.4. The van der Waals surface area contributed by atoms with Crippen LogP contribution in [0.4, 0.5) is 8.78 Å². The number of carbonyl (C=O) groups excluding carboxylic acids is 2. The lowest BCUT2D eigenvalue weighted by molar-refractivity contribution is -0.141. The molecule has 2 atom stereocenters. The Morgan fingerprint density at radius 2 is 2.14 bits per heavy atom. The van der Waals surface area contributed by atoms with Crippen LogP contribution in [-0.4, -0.2) is 41.0 Å². The molecule has 1 N–H and O–H groups in total. The summed E-state index contributed by atoms with van der Waals surface area (Å²) in [6.45, 7) is 2.04. The SMILES string of the molecule is CCOC(=O)C1=C(C2CCc3cn(CCC(=O)OC)c(C#N)c3C2)NC(c2nccs2)=NC1c1ccc(F)c(F)c1Cl. The topological polar surface area (TPSA) is 119 Å². The van der Waals surface area contributed by atoms with Crippen molar-refractivity contribution in [1.82, 2.24) is 14.9 Å². The Hall–Kier alpha value is -4.08. The van der Waals surface area contributed by atoms with Crippen molar-refractivity contribution >= 4 is 40.7 Å². The Labute approximate surface area is 249 Å². The Kier molecular flexibility index (Phi) is 8.70. The van der Waals surface area contributed by atoms with Crippen LogP contribution in [0.3, 0.4) is 0 Å². The maximum absolute atomic E-state index is 14.7. The monoisotopic (exact) mass is 613 g/mol. The summed E-state index contributed by atoms with van der Waals surface area (Å²) in [6.07, 6.45) is 5.21. The van der Waals surface area contributed by atoms with E-state index < -0.39 is 28.7 Å². The second-order valence-electron chi connectivity index (χ2n) is 9.71. The highest BCUT2D eigenvalue weighted by atomic mass is 35.5. The van der Waals surface area contributed by atoms with E-state index in [1.807, 2.05) is 6.20 Å². The van der Waals surface area contributed by atoms with Gasteiger partial charge in [-0.3, -0.25) is 9.79 Å². The number of nitrogens with zero attached hydrogens (tertiary/aromatic N) is 4. The largest absolute Gasteiger partial charge is 0.469 e. The molecule has 2 aliphatic rings. The third kappa shape index (κ3) is 5.54. The van der Waals surface area contributed by atoms with Crippen molar-refractivity contribution in [2.75, 3.05) is 13.7 Å². The number of hydrogen-bond donors (Lipinski definition) is 1. The van der Waals surface area contributed by atoms with Crippen LogP contribution < -0.4 is 5.32 Å². The number of thiazole rings is 1. The molecule has 0 bridgehead atoms. The summed E-state index contributed by atoms with van der Waals surface area (Å²) in [5, 5.41) is 15.2. The zero-order valence-corrected chi connectivity index (χ0v) is 24.3. The zero-order chi connectivity index (χ0) is 30.0. The zero-order valence-electron chi connectivity index (χ0n) is 22.7. The van der Waals surface area contributed by atoms with Crippen LogP contribution in [0, 0.1) is 28.9 Å². The third-order valence-corrected chi connectivity index (χ3v) is 8.51. The summed E-state index contributed by atoms with van der Waals surface area (Å²) >= 11 is 7.61. The first-order valence-electron chi connectivity index (χ1n) is 13.2.